The molecule has 24 heavy (non-hydrogen) atoms. The van der Waals surface area contributed by atoms with Gasteiger partial charge in [-0.05, 0) is 57.5 Å². The van der Waals surface area contributed by atoms with Crippen molar-refractivity contribution in [3.63, 3.8) is 0 Å². The van der Waals surface area contributed by atoms with Crippen LogP contribution in [0.5, 0.6) is 0 Å². The molecule has 0 spiro atoms. The van der Waals surface area contributed by atoms with E-state index in [0.29, 0.717) is 5.91 Å². The van der Waals surface area contributed by atoms with Gasteiger partial charge < -0.3 is 14.7 Å². The second-order valence-electron chi connectivity index (χ2n) is 8.49. The van der Waals surface area contributed by atoms with E-state index in [1.165, 1.54) is 64.6 Å². The van der Waals surface area contributed by atoms with Crippen LogP contribution in [-0.4, -0.2) is 73.5 Å². The van der Waals surface area contributed by atoms with E-state index in [0.717, 1.165) is 50.9 Å². The third-order valence-electron chi connectivity index (χ3n) is 6.47. The highest BCUT2D eigenvalue weighted by Crippen LogP contribution is 2.27. The van der Waals surface area contributed by atoms with Crippen LogP contribution in [0, 0.1) is 11.8 Å². The number of piperidine rings is 1. The summed E-state index contributed by atoms with van der Waals surface area (Å²) < 4.78 is 0. The van der Waals surface area contributed by atoms with Crippen molar-refractivity contribution in [3.05, 3.63) is 0 Å². The number of likely N-dealkylation sites (tertiary alicyclic amines) is 1. The normalized spacial score (nSPS) is 28.2. The SMILES string of the molecule is CN1CCN(C(=O)CC[C@H]2CCCN(CC3CCCCC3)C2)CC1. The molecule has 0 unspecified atom stereocenters. The first kappa shape index (κ1) is 18.2. The maximum atomic E-state index is 12.4. The van der Waals surface area contributed by atoms with Gasteiger partial charge in [-0.15, -0.1) is 0 Å². The summed E-state index contributed by atoms with van der Waals surface area (Å²) in [7, 11) is 2.14. The number of carbonyl (C=O) groups excluding carboxylic acids is 1. The van der Waals surface area contributed by atoms with Crippen molar-refractivity contribution in [3.8, 4) is 0 Å². The molecule has 2 saturated heterocycles. The molecule has 0 radical (unpaired) electrons. The standard InChI is InChI=1S/C20H37N3O/c1-21-12-14-23(15-13-21)20(24)10-9-19-8-5-11-22(17-19)16-18-6-3-2-4-7-18/h18-19H,2-17H2,1H3/t19-/m1/s1. The van der Waals surface area contributed by atoms with E-state index in [9.17, 15) is 4.79 Å². The molecule has 3 aliphatic rings. The van der Waals surface area contributed by atoms with E-state index < -0.39 is 0 Å². The fourth-order valence-electron chi connectivity index (χ4n) is 4.83. The van der Waals surface area contributed by atoms with Gasteiger partial charge in [0.15, 0.2) is 0 Å². The average Bonchev–Trinajstić information content (AvgIpc) is 2.61. The highest BCUT2D eigenvalue weighted by molar-refractivity contribution is 5.76. The van der Waals surface area contributed by atoms with E-state index in [1.807, 2.05) is 0 Å². The van der Waals surface area contributed by atoms with Gasteiger partial charge in [0.25, 0.3) is 0 Å². The minimum absolute atomic E-state index is 0.396. The maximum Gasteiger partial charge on any atom is 0.222 e. The van der Waals surface area contributed by atoms with Gasteiger partial charge in [0.1, 0.15) is 0 Å². The molecule has 3 fully saturated rings. The Morgan fingerprint density at radius 1 is 0.875 bits per heavy atom. The summed E-state index contributed by atoms with van der Waals surface area (Å²) in [6.07, 6.45) is 11.8. The molecule has 0 N–H and O–H groups in total. The smallest absolute Gasteiger partial charge is 0.222 e. The number of likely N-dealkylation sites (N-methyl/N-ethyl adjacent to an activating group) is 1. The second kappa shape index (κ2) is 9.19. The number of hydrogen-bond donors (Lipinski definition) is 0. The summed E-state index contributed by atoms with van der Waals surface area (Å²) in [5, 5.41) is 0. The Bertz CT molecular complexity index is 386. The molecular formula is C20H37N3O. The van der Waals surface area contributed by atoms with Crippen molar-refractivity contribution in [2.45, 2.75) is 57.8 Å². The molecule has 0 aromatic heterocycles. The van der Waals surface area contributed by atoms with Gasteiger partial charge >= 0.3 is 0 Å². The number of carbonyl (C=O) groups is 1. The third kappa shape index (κ3) is 5.45. The predicted octanol–water partition coefficient (Wildman–Crippen LogP) is 2.83. The van der Waals surface area contributed by atoms with Crippen LogP contribution < -0.4 is 0 Å². The van der Waals surface area contributed by atoms with Crippen molar-refractivity contribution in [2.75, 3.05) is 52.9 Å². The molecule has 2 heterocycles. The van der Waals surface area contributed by atoms with Crippen LogP contribution in [0.2, 0.25) is 0 Å². The number of rotatable bonds is 5. The van der Waals surface area contributed by atoms with Crippen LogP contribution in [0.4, 0.5) is 0 Å². The lowest BCUT2D eigenvalue weighted by atomic mass is 9.87. The Morgan fingerprint density at radius 2 is 1.58 bits per heavy atom. The number of amides is 1. The largest absolute Gasteiger partial charge is 0.340 e. The minimum atomic E-state index is 0.396. The molecule has 1 amide bonds. The van der Waals surface area contributed by atoms with Gasteiger partial charge in [-0.2, -0.15) is 0 Å². The molecule has 4 heteroatoms. The number of hydrogen-bond acceptors (Lipinski definition) is 3. The summed E-state index contributed by atoms with van der Waals surface area (Å²) in [5.74, 6) is 2.09. The van der Waals surface area contributed by atoms with Crippen LogP contribution >= 0.6 is 0 Å². The zero-order chi connectivity index (χ0) is 16.8. The predicted molar refractivity (Wildman–Crippen MR) is 99.1 cm³/mol. The molecule has 0 bridgehead atoms. The molecular weight excluding hydrogens is 298 g/mol. The Kier molecular flexibility index (Phi) is 6.96. The topological polar surface area (TPSA) is 26.8 Å². The molecule has 3 rings (SSSR count). The van der Waals surface area contributed by atoms with Crippen LogP contribution in [0.3, 0.4) is 0 Å². The van der Waals surface area contributed by atoms with Gasteiger partial charge in [0.2, 0.25) is 5.91 Å². The van der Waals surface area contributed by atoms with Crippen molar-refractivity contribution in [1.82, 2.24) is 14.7 Å². The van der Waals surface area contributed by atoms with Crippen LogP contribution in [0.1, 0.15) is 57.8 Å². The fraction of sp³-hybridized carbons (Fsp3) is 0.950. The van der Waals surface area contributed by atoms with E-state index in [4.69, 9.17) is 0 Å². The first-order valence-corrected chi connectivity index (χ1v) is 10.4. The first-order chi connectivity index (χ1) is 11.7. The highest BCUT2D eigenvalue weighted by Gasteiger charge is 2.25. The van der Waals surface area contributed by atoms with Gasteiger partial charge in [-0.1, -0.05) is 19.3 Å². The molecule has 1 atom stereocenters. The van der Waals surface area contributed by atoms with Crippen LogP contribution in [0.15, 0.2) is 0 Å². The van der Waals surface area contributed by atoms with Gasteiger partial charge in [-0.3, -0.25) is 4.79 Å². The molecule has 0 aromatic carbocycles. The molecule has 0 aromatic rings. The Balaban J connectivity index is 1.36. The third-order valence-corrected chi connectivity index (χ3v) is 6.47. The van der Waals surface area contributed by atoms with Gasteiger partial charge in [0, 0.05) is 45.7 Å². The summed E-state index contributed by atoms with van der Waals surface area (Å²) in [4.78, 5) is 19.6. The molecule has 138 valence electrons. The lowest BCUT2D eigenvalue weighted by Crippen LogP contribution is -2.47. The Labute approximate surface area is 148 Å². The van der Waals surface area contributed by atoms with Crippen LogP contribution in [-0.2, 0) is 4.79 Å². The number of nitrogens with zero attached hydrogens (tertiary/aromatic N) is 3. The highest BCUT2D eigenvalue weighted by atomic mass is 16.2. The lowest BCUT2D eigenvalue weighted by molar-refractivity contribution is -0.133. The van der Waals surface area contributed by atoms with Crippen molar-refractivity contribution >= 4 is 5.91 Å². The second-order valence-corrected chi connectivity index (χ2v) is 8.49. The number of piperazine rings is 1. The van der Waals surface area contributed by atoms with E-state index in [-0.39, 0.29) is 0 Å². The molecule has 4 nitrogen and oxygen atoms in total. The summed E-state index contributed by atoms with van der Waals surface area (Å²) in [6, 6.07) is 0. The zero-order valence-corrected chi connectivity index (χ0v) is 15.7. The van der Waals surface area contributed by atoms with E-state index >= 15 is 0 Å². The van der Waals surface area contributed by atoms with Crippen molar-refractivity contribution in [1.29, 1.82) is 0 Å². The Morgan fingerprint density at radius 3 is 2.33 bits per heavy atom. The van der Waals surface area contributed by atoms with E-state index in [1.54, 1.807) is 0 Å². The lowest BCUT2D eigenvalue weighted by Gasteiger charge is -2.36. The van der Waals surface area contributed by atoms with Crippen molar-refractivity contribution in [2.24, 2.45) is 11.8 Å². The zero-order valence-electron chi connectivity index (χ0n) is 15.7. The maximum absolute atomic E-state index is 12.4. The first-order valence-electron chi connectivity index (χ1n) is 10.4. The van der Waals surface area contributed by atoms with Crippen LogP contribution in [0.25, 0.3) is 0 Å². The molecule has 1 saturated carbocycles. The molecule has 2 aliphatic heterocycles. The van der Waals surface area contributed by atoms with Gasteiger partial charge in [0.05, 0.1) is 0 Å². The average molecular weight is 336 g/mol. The molecule has 1 aliphatic carbocycles. The van der Waals surface area contributed by atoms with E-state index in [2.05, 4.69) is 21.7 Å². The Hall–Kier alpha value is -0.610. The minimum Gasteiger partial charge on any atom is -0.340 e. The quantitative estimate of drug-likeness (QED) is 0.773. The van der Waals surface area contributed by atoms with Crippen molar-refractivity contribution < 1.29 is 4.79 Å². The van der Waals surface area contributed by atoms with Gasteiger partial charge in [-0.25, -0.2) is 0 Å². The summed E-state index contributed by atoms with van der Waals surface area (Å²) >= 11 is 0. The monoisotopic (exact) mass is 335 g/mol. The summed E-state index contributed by atoms with van der Waals surface area (Å²) in [5.41, 5.74) is 0. The summed E-state index contributed by atoms with van der Waals surface area (Å²) in [6.45, 7) is 7.77. The fourth-order valence-corrected chi connectivity index (χ4v) is 4.83.